The van der Waals surface area contributed by atoms with Crippen LogP contribution in [0.3, 0.4) is 0 Å². The van der Waals surface area contributed by atoms with Crippen LogP contribution < -0.4 is 10.5 Å². The number of nitrogens with zero attached hydrogens (tertiary/aromatic N) is 1. The summed E-state index contributed by atoms with van der Waals surface area (Å²) in [5.41, 5.74) is 6.49. The molecule has 6 nitrogen and oxygen atoms in total. The second kappa shape index (κ2) is 6.63. The van der Waals surface area contributed by atoms with Gasteiger partial charge >= 0.3 is 5.97 Å². The zero-order chi connectivity index (χ0) is 14.4. The molecule has 0 aromatic heterocycles. The van der Waals surface area contributed by atoms with E-state index in [0.29, 0.717) is 23.6 Å². The lowest BCUT2D eigenvalue weighted by atomic mass is 10.1. The maximum atomic E-state index is 11.9. The Kier molecular flexibility index (Phi) is 5.17. The molecule has 3 N–H and O–H groups in total. The number of amides is 1. The van der Waals surface area contributed by atoms with Crippen molar-refractivity contribution < 1.29 is 19.4 Å². The van der Waals surface area contributed by atoms with E-state index in [9.17, 15) is 9.59 Å². The molecule has 6 heteroatoms. The maximum absolute atomic E-state index is 11.9. The molecule has 0 saturated carbocycles. The third-order valence-corrected chi connectivity index (χ3v) is 2.44. The molecular weight excluding hydrogens is 248 g/mol. The summed E-state index contributed by atoms with van der Waals surface area (Å²) in [6, 6.07) is 4.68. The number of ether oxygens (including phenoxy) is 1. The summed E-state index contributed by atoms with van der Waals surface area (Å²) < 4.78 is 5.40. The van der Waals surface area contributed by atoms with Gasteiger partial charge < -0.3 is 20.5 Å². The molecule has 0 fully saturated rings. The summed E-state index contributed by atoms with van der Waals surface area (Å²) in [6.07, 6.45) is 0.863. The Morgan fingerprint density at radius 1 is 1.42 bits per heavy atom. The van der Waals surface area contributed by atoms with Gasteiger partial charge in [-0.15, -0.1) is 0 Å². The molecule has 104 valence electrons. The van der Waals surface area contributed by atoms with Gasteiger partial charge in [0.1, 0.15) is 12.3 Å². The lowest BCUT2D eigenvalue weighted by Crippen LogP contribution is -2.31. The van der Waals surface area contributed by atoms with E-state index >= 15 is 0 Å². The SMILES string of the molecule is CCCOc1ccc(C(=O)N(C)CC(=O)O)cc1N. The van der Waals surface area contributed by atoms with Crippen molar-refractivity contribution >= 4 is 17.6 Å². The van der Waals surface area contributed by atoms with E-state index < -0.39 is 11.9 Å². The zero-order valence-electron chi connectivity index (χ0n) is 11.0. The highest BCUT2D eigenvalue weighted by Crippen LogP contribution is 2.23. The van der Waals surface area contributed by atoms with Crippen LogP contribution in [0.15, 0.2) is 18.2 Å². The highest BCUT2D eigenvalue weighted by atomic mass is 16.5. The Hall–Kier alpha value is -2.24. The Bertz CT molecular complexity index is 474. The fourth-order valence-corrected chi connectivity index (χ4v) is 1.52. The number of carboxylic acids is 1. The summed E-state index contributed by atoms with van der Waals surface area (Å²) in [7, 11) is 1.42. The molecule has 0 aliphatic rings. The van der Waals surface area contributed by atoms with Gasteiger partial charge in [0.25, 0.3) is 5.91 Å². The van der Waals surface area contributed by atoms with Crippen LogP contribution in [0.5, 0.6) is 5.75 Å². The van der Waals surface area contributed by atoms with Gasteiger partial charge in [-0.1, -0.05) is 6.92 Å². The van der Waals surface area contributed by atoms with Gasteiger partial charge in [0.15, 0.2) is 0 Å². The van der Waals surface area contributed by atoms with Crippen LogP contribution in [0.2, 0.25) is 0 Å². The molecule has 1 aromatic carbocycles. The number of carboxylic acid groups (broad SMARTS) is 1. The molecule has 0 radical (unpaired) electrons. The van der Waals surface area contributed by atoms with Crippen LogP contribution in [0.25, 0.3) is 0 Å². The number of nitrogen functional groups attached to an aromatic ring is 1. The first kappa shape index (κ1) is 14.8. The Balaban J connectivity index is 2.82. The first-order valence-corrected chi connectivity index (χ1v) is 5.95. The van der Waals surface area contributed by atoms with Crippen molar-refractivity contribution in [3.8, 4) is 5.75 Å². The number of nitrogens with two attached hydrogens (primary N) is 1. The minimum Gasteiger partial charge on any atom is -0.491 e. The number of carbonyl (C=O) groups is 2. The number of benzene rings is 1. The van der Waals surface area contributed by atoms with E-state index in [1.807, 2.05) is 6.92 Å². The largest absolute Gasteiger partial charge is 0.491 e. The van der Waals surface area contributed by atoms with E-state index in [0.717, 1.165) is 11.3 Å². The topological polar surface area (TPSA) is 92.9 Å². The van der Waals surface area contributed by atoms with Crippen molar-refractivity contribution in [3.63, 3.8) is 0 Å². The van der Waals surface area contributed by atoms with Crippen molar-refractivity contribution in [2.75, 3.05) is 25.9 Å². The fraction of sp³-hybridized carbons (Fsp3) is 0.385. The van der Waals surface area contributed by atoms with Gasteiger partial charge in [0.05, 0.1) is 12.3 Å². The summed E-state index contributed by atoms with van der Waals surface area (Å²) in [4.78, 5) is 23.6. The van der Waals surface area contributed by atoms with Gasteiger partial charge in [-0.2, -0.15) is 0 Å². The van der Waals surface area contributed by atoms with Gasteiger partial charge in [-0.25, -0.2) is 0 Å². The molecular formula is C13H18N2O4. The first-order valence-electron chi connectivity index (χ1n) is 5.95. The Labute approximate surface area is 111 Å². The first-order chi connectivity index (χ1) is 8.95. The predicted octanol–water partition coefficient (Wildman–Crippen LogP) is 1.21. The number of carbonyl (C=O) groups excluding carboxylic acids is 1. The summed E-state index contributed by atoms with van der Waals surface area (Å²) in [5.74, 6) is -0.929. The van der Waals surface area contributed by atoms with Gasteiger partial charge in [-0.05, 0) is 24.6 Å². The molecule has 1 aromatic rings. The Morgan fingerprint density at radius 2 is 2.11 bits per heavy atom. The van der Waals surface area contributed by atoms with E-state index in [-0.39, 0.29) is 6.54 Å². The lowest BCUT2D eigenvalue weighted by Gasteiger charge is -2.15. The summed E-state index contributed by atoms with van der Waals surface area (Å²) >= 11 is 0. The number of hydrogen-bond donors (Lipinski definition) is 2. The highest BCUT2D eigenvalue weighted by Gasteiger charge is 2.15. The van der Waals surface area contributed by atoms with Crippen molar-refractivity contribution in [3.05, 3.63) is 23.8 Å². The average Bonchev–Trinajstić information content (AvgIpc) is 2.35. The average molecular weight is 266 g/mol. The molecule has 0 heterocycles. The fourth-order valence-electron chi connectivity index (χ4n) is 1.52. The number of aliphatic carboxylic acids is 1. The molecule has 0 unspecified atom stereocenters. The van der Waals surface area contributed by atoms with Crippen LogP contribution in [0.4, 0.5) is 5.69 Å². The molecule has 0 atom stereocenters. The smallest absolute Gasteiger partial charge is 0.323 e. The van der Waals surface area contributed by atoms with Crippen molar-refractivity contribution in [2.24, 2.45) is 0 Å². The standard InChI is InChI=1S/C13H18N2O4/c1-3-6-19-11-5-4-9(7-10(11)14)13(18)15(2)8-12(16)17/h4-5,7H,3,6,8,14H2,1-2H3,(H,16,17). The number of hydrogen-bond acceptors (Lipinski definition) is 4. The van der Waals surface area contributed by atoms with E-state index in [1.165, 1.54) is 13.1 Å². The van der Waals surface area contributed by atoms with Gasteiger partial charge in [0.2, 0.25) is 0 Å². The minimum atomic E-state index is -1.06. The minimum absolute atomic E-state index is 0.338. The number of anilines is 1. The van der Waals surface area contributed by atoms with Gasteiger partial charge in [-0.3, -0.25) is 9.59 Å². The number of rotatable bonds is 6. The zero-order valence-corrected chi connectivity index (χ0v) is 11.0. The quantitative estimate of drug-likeness (QED) is 0.755. The molecule has 19 heavy (non-hydrogen) atoms. The molecule has 0 aliphatic carbocycles. The van der Waals surface area contributed by atoms with Gasteiger partial charge in [0, 0.05) is 12.6 Å². The van der Waals surface area contributed by atoms with E-state index in [2.05, 4.69) is 0 Å². The molecule has 0 saturated heterocycles. The third kappa shape index (κ3) is 4.17. The van der Waals surface area contributed by atoms with Crippen molar-refractivity contribution in [2.45, 2.75) is 13.3 Å². The molecule has 1 rings (SSSR count). The van der Waals surface area contributed by atoms with E-state index in [4.69, 9.17) is 15.6 Å². The number of likely N-dealkylation sites (N-methyl/N-ethyl adjacent to an activating group) is 1. The summed E-state index contributed by atoms with van der Waals surface area (Å²) in [5, 5.41) is 8.64. The van der Waals surface area contributed by atoms with Crippen molar-refractivity contribution in [1.82, 2.24) is 4.90 Å². The highest BCUT2D eigenvalue weighted by molar-refractivity contribution is 5.96. The van der Waals surface area contributed by atoms with Crippen LogP contribution in [-0.2, 0) is 4.79 Å². The molecule has 0 spiro atoms. The van der Waals surface area contributed by atoms with Crippen LogP contribution in [0.1, 0.15) is 23.7 Å². The maximum Gasteiger partial charge on any atom is 0.323 e. The van der Waals surface area contributed by atoms with Crippen LogP contribution in [-0.4, -0.2) is 42.1 Å². The molecule has 0 aliphatic heterocycles. The van der Waals surface area contributed by atoms with Crippen molar-refractivity contribution in [1.29, 1.82) is 0 Å². The van der Waals surface area contributed by atoms with Crippen LogP contribution >= 0.6 is 0 Å². The molecule has 1 amide bonds. The second-order valence-electron chi connectivity index (χ2n) is 4.16. The third-order valence-electron chi connectivity index (χ3n) is 2.44. The normalized spacial score (nSPS) is 10.0. The lowest BCUT2D eigenvalue weighted by molar-refractivity contribution is -0.137. The monoisotopic (exact) mass is 266 g/mol. The molecule has 0 bridgehead atoms. The predicted molar refractivity (Wildman–Crippen MR) is 71.2 cm³/mol. The Morgan fingerprint density at radius 3 is 2.63 bits per heavy atom. The van der Waals surface area contributed by atoms with E-state index in [1.54, 1.807) is 12.1 Å². The summed E-state index contributed by atoms with van der Waals surface area (Å²) in [6.45, 7) is 2.18. The van der Waals surface area contributed by atoms with Crippen LogP contribution in [0, 0.1) is 0 Å². The second-order valence-corrected chi connectivity index (χ2v) is 4.16.